The van der Waals surface area contributed by atoms with E-state index in [1.165, 1.54) is 22.8 Å². The van der Waals surface area contributed by atoms with E-state index in [-0.39, 0.29) is 31.3 Å². The third-order valence-corrected chi connectivity index (χ3v) is 5.17. The molecule has 2 rings (SSSR count). The first kappa shape index (κ1) is 22.2. The molecule has 2 heterocycles. The van der Waals surface area contributed by atoms with Crippen molar-refractivity contribution in [2.75, 3.05) is 19.8 Å². The average Bonchev–Trinajstić information content (AvgIpc) is 3.17. The summed E-state index contributed by atoms with van der Waals surface area (Å²) in [5.74, 6) is -0.695. The van der Waals surface area contributed by atoms with Gasteiger partial charge in [0.15, 0.2) is 0 Å². The lowest BCUT2D eigenvalue weighted by molar-refractivity contribution is -0.144. The molecule has 1 aliphatic rings. The first-order chi connectivity index (χ1) is 12.8. The number of likely N-dealkylation sites (N-methyl/N-ethyl adjacent to an activating group) is 1. The molecular weight excluding hydrogens is 388 g/mol. The van der Waals surface area contributed by atoms with E-state index in [1.54, 1.807) is 0 Å². The second-order valence-corrected chi connectivity index (χ2v) is 9.89. The zero-order valence-corrected chi connectivity index (χ0v) is 17.5. The van der Waals surface area contributed by atoms with E-state index in [0.29, 0.717) is 5.69 Å². The molecule has 3 N–H and O–H groups in total. The van der Waals surface area contributed by atoms with Gasteiger partial charge in [0.2, 0.25) is 21.8 Å². The Labute approximate surface area is 164 Å². The van der Waals surface area contributed by atoms with Crippen LogP contribution in [0, 0.1) is 5.41 Å². The Morgan fingerprint density at radius 3 is 2.57 bits per heavy atom. The topological polar surface area (TPSA) is 147 Å². The van der Waals surface area contributed by atoms with Crippen molar-refractivity contribution in [2.45, 2.75) is 51.9 Å². The molecule has 1 saturated heterocycles. The van der Waals surface area contributed by atoms with Crippen molar-refractivity contribution in [3.05, 3.63) is 11.9 Å². The summed E-state index contributed by atoms with van der Waals surface area (Å²) in [5.41, 5.74) is -0.218. The molecule has 1 aromatic heterocycles. The molecule has 158 valence electrons. The van der Waals surface area contributed by atoms with Gasteiger partial charge in [-0.3, -0.25) is 9.59 Å². The van der Waals surface area contributed by atoms with E-state index in [0.717, 1.165) is 6.26 Å². The zero-order valence-electron chi connectivity index (χ0n) is 16.7. The maximum atomic E-state index is 13.3. The number of aliphatic hydroxyl groups is 1. The molecule has 0 bridgehead atoms. The summed E-state index contributed by atoms with van der Waals surface area (Å²) in [4.78, 5) is 26.9. The summed E-state index contributed by atoms with van der Waals surface area (Å²) in [6, 6.07) is -1.54. The van der Waals surface area contributed by atoms with Crippen LogP contribution in [-0.2, 0) is 26.2 Å². The van der Waals surface area contributed by atoms with Gasteiger partial charge in [0.1, 0.15) is 12.1 Å². The van der Waals surface area contributed by atoms with Crippen LogP contribution in [0.1, 0.15) is 38.9 Å². The van der Waals surface area contributed by atoms with Crippen molar-refractivity contribution in [3.63, 3.8) is 0 Å². The Kier molecular flexibility index (Phi) is 6.46. The number of carbonyl (C=O) groups is 2. The van der Waals surface area contributed by atoms with Crippen LogP contribution in [0.2, 0.25) is 0 Å². The summed E-state index contributed by atoms with van der Waals surface area (Å²) >= 11 is 0. The molecular formula is C16H28N6O5S. The van der Waals surface area contributed by atoms with E-state index in [2.05, 4.69) is 20.4 Å². The first-order valence-corrected chi connectivity index (χ1v) is 10.8. The molecule has 0 radical (unpaired) electrons. The summed E-state index contributed by atoms with van der Waals surface area (Å²) < 4.78 is 26.2. The monoisotopic (exact) mass is 416 g/mol. The zero-order chi connectivity index (χ0) is 21.3. The highest BCUT2D eigenvalue weighted by atomic mass is 32.2. The van der Waals surface area contributed by atoms with Gasteiger partial charge >= 0.3 is 0 Å². The van der Waals surface area contributed by atoms with Crippen LogP contribution in [0.15, 0.2) is 6.20 Å². The van der Waals surface area contributed by atoms with Crippen molar-refractivity contribution in [1.82, 2.24) is 29.9 Å². The quantitative estimate of drug-likeness (QED) is 0.518. The Morgan fingerprint density at radius 2 is 2.04 bits per heavy atom. The molecule has 12 heteroatoms. The maximum Gasteiger partial charge on any atom is 0.248 e. The van der Waals surface area contributed by atoms with Crippen LogP contribution in [0.5, 0.6) is 0 Å². The normalized spacial score (nSPS) is 21.6. The highest BCUT2D eigenvalue weighted by Gasteiger charge is 2.44. The molecule has 1 aliphatic heterocycles. The van der Waals surface area contributed by atoms with Crippen LogP contribution in [0.3, 0.4) is 0 Å². The summed E-state index contributed by atoms with van der Waals surface area (Å²) in [6.07, 6.45) is 1.93. The molecule has 3 atom stereocenters. The van der Waals surface area contributed by atoms with E-state index < -0.39 is 33.6 Å². The molecule has 0 aliphatic carbocycles. The van der Waals surface area contributed by atoms with Gasteiger partial charge in [-0.1, -0.05) is 26.0 Å². The molecule has 1 fully saturated rings. The smallest absolute Gasteiger partial charge is 0.248 e. The minimum absolute atomic E-state index is 0.0484. The van der Waals surface area contributed by atoms with Gasteiger partial charge in [0, 0.05) is 20.0 Å². The van der Waals surface area contributed by atoms with Crippen molar-refractivity contribution < 1.29 is 23.1 Å². The van der Waals surface area contributed by atoms with Crippen molar-refractivity contribution >= 4 is 21.8 Å². The fourth-order valence-electron chi connectivity index (χ4n) is 3.24. The van der Waals surface area contributed by atoms with Crippen LogP contribution < -0.4 is 10.0 Å². The molecule has 1 aromatic rings. The Balaban J connectivity index is 2.30. The van der Waals surface area contributed by atoms with Crippen molar-refractivity contribution in [3.8, 4) is 0 Å². The summed E-state index contributed by atoms with van der Waals surface area (Å²) in [5, 5.41) is 20.5. The first-order valence-electron chi connectivity index (χ1n) is 8.89. The van der Waals surface area contributed by atoms with Crippen LogP contribution in [0.4, 0.5) is 0 Å². The Hall–Kier alpha value is -2.05. The Bertz CT molecular complexity index is 831. The number of hydrogen-bond acceptors (Lipinski definition) is 7. The lowest BCUT2D eigenvalue weighted by atomic mass is 9.85. The highest BCUT2D eigenvalue weighted by molar-refractivity contribution is 7.88. The summed E-state index contributed by atoms with van der Waals surface area (Å²) in [6.45, 7) is 5.57. The van der Waals surface area contributed by atoms with Crippen LogP contribution in [0.25, 0.3) is 0 Å². The average molecular weight is 417 g/mol. The molecule has 0 spiro atoms. The van der Waals surface area contributed by atoms with Gasteiger partial charge < -0.3 is 15.3 Å². The predicted octanol–water partition coefficient (Wildman–Crippen LogP) is -1.38. The standard InChI is InChI=1S/C16H28N6O5S/c1-16(2,3)13(22-8-10(19-20-22)7-18-28(5,26)27)15(25)21-9-11(23)6-12(21)14(24)17-4/h8,11-13,18,23H,6-7,9H2,1-5H3,(H,17,24)/t11?,12-,13?/m1/s1. The number of nitrogens with zero attached hydrogens (tertiary/aromatic N) is 4. The molecule has 0 saturated carbocycles. The highest BCUT2D eigenvalue weighted by Crippen LogP contribution is 2.34. The molecule has 2 amide bonds. The fourth-order valence-corrected chi connectivity index (χ4v) is 3.65. The number of nitrogens with one attached hydrogen (secondary N) is 2. The number of sulfonamides is 1. The third-order valence-electron chi connectivity index (χ3n) is 4.50. The number of aliphatic hydroxyl groups excluding tert-OH is 1. The molecule has 28 heavy (non-hydrogen) atoms. The number of likely N-dealkylation sites (tertiary alicyclic amines) is 1. The predicted molar refractivity (Wildman–Crippen MR) is 100 cm³/mol. The largest absolute Gasteiger partial charge is 0.391 e. The number of hydrogen-bond donors (Lipinski definition) is 3. The second-order valence-electron chi connectivity index (χ2n) is 8.06. The maximum absolute atomic E-state index is 13.3. The van der Waals surface area contributed by atoms with Crippen LogP contribution >= 0.6 is 0 Å². The molecule has 11 nitrogen and oxygen atoms in total. The number of rotatable bonds is 6. The minimum atomic E-state index is -3.39. The molecule has 2 unspecified atom stereocenters. The second kappa shape index (κ2) is 8.13. The Morgan fingerprint density at radius 1 is 1.39 bits per heavy atom. The minimum Gasteiger partial charge on any atom is -0.391 e. The lowest BCUT2D eigenvalue weighted by Gasteiger charge is -2.34. The third kappa shape index (κ3) is 5.26. The number of β-amino-alcohol motifs (C(OH)–C–C–N with tert-alkyl or cyclic N) is 1. The van der Waals surface area contributed by atoms with Gasteiger partial charge in [-0.2, -0.15) is 0 Å². The molecule has 0 aromatic carbocycles. The van der Waals surface area contributed by atoms with Crippen LogP contribution in [-0.4, -0.2) is 77.2 Å². The van der Waals surface area contributed by atoms with E-state index >= 15 is 0 Å². The lowest BCUT2D eigenvalue weighted by Crippen LogP contribution is -2.49. The van der Waals surface area contributed by atoms with Gasteiger partial charge in [0.05, 0.1) is 30.8 Å². The van der Waals surface area contributed by atoms with Crippen molar-refractivity contribution in [1.29, 1.82) is 0 Å². The van der Waals surface area contributed by atoms with Crippen molar-refractivity contribution in [2.24, 2.45) is 5.41 Å². The fraction of sp³-hybridized carbons (Fsp3) is 0.750. The van der Waals surface area contributed by atoms with Gasteiger partial charge in [-0.15, -0.1) is 5.10 Å². The van der Waals surface area contributed by atoms with Gasteiger partial charge in [-0.05, 0) is 5.41 Å². The van der Waals surface area contributed by atoms with Gasteiger partial charge in [-0.25, -0.2) is 17.8 Å². The van der Waals surface area contributed by atoms with E-state index in [9.17, 15) is 23.1 Å². The summed E-state index contributed by atoms with van der Waals surface area (Å²) in [7, 11) is -1.91. The van der Waals surface area contributed by atoms with E-state index in [1.807, 2.05) is 20.8 Å². The number of aromatic nitrogens is 3. The van der Waals surface area contributed by atoms with E-state index in [4.69, 9.17) is 0 Å². The number of amides is 2. The number of carbonyl (C=O) groups excluding carboxylic acids is 2. The SMILES string of the molecule is CNC(=O)[C@H]1CC(O)CN1C(=O)C(n1cc(CNS(C)(=O)=O)nn1)C(C)(C)C. The van der Waals surface area contributed by atoms with Gasteiger partial charge in [0.25, 0.3) is 0 Å².